The Balaban J connectivity index is 1.69. The molecule has 0 aromatic heterocycles. The molecule has 0 fully saturated rings. The van der Waals surface area contributed by atoms with Gasteiger partial charge in [0, 0.05) is 29.4 Å². The SMILES string of the molecule is CN1/C(=C\C=C2\N=C(c3cccc(F)c3)OC2=O)C(C)(C)c2ccccc21. The summed E-state index contributed by atoms with van der Waals surface area (Å²) in [6.07, 6.45) is 3.56. The number of halogens is 1. The van der Waals surface area contributed by atoms with E-state index >= 15 is 0 Å². The number of benzene rings is 2. The van der Waals surface area contributed by atoms with Crippen LogP contribution in [0.15, 0.2) is 77.1 Å². The first-order chi connectivity index (χ1) is 12.9. The number of rotatable bonds is 2. The van der Waals surface area contributed by atoms with Gasteiger partial charge in [0.1, 0.15) is 5.82 Å². The van der Waals surface area contributed by atoms with Gasteiger partial charge in [-0.05, 0) is 42.0 Å². The average Bonchev–Trinajstić information content (AvgIpc) is 3.10. The van der Waals surface area contributed by atoms with E-state index in [1.54, 1.807) is 18.2 Å². The molecule has 2 aromatic rings. The molecule has 0 atom stereocenters. The molecule has 2 heterocycles. The van der Waals surface area contributed by atoms with Crippen LogP contribution in [-0.2, 0) is 14.9 Å². The lowest BCUT2D eigenvalue weighted by molar-refractivity contribution is -0.130. The van der Waals surface area contributed by atoms with E-state index in [-0.39, 0.29) is 17.0 Å². The number of fused-ring (bicyclic) bond motifs is 1. The summed E-state index contributed by atoms with van der Waals surface area (Å²) >= 11 is 0. The van der Waals surface area contributed by atoms with Crippen LogP contribution in [0.4, 0.5) is 10.1 Å². The Hall–Kier alpha value is -3.21. The third-order valence-corrected chi connectivity index (χ3v) is 5.03. The van der Waals surface area contributed by atoms with Crippen molar-refractivity contribution in [1.82, 2.24) is 0 Å². The molecule has 0 bridgehead atoms. The van der Waals surface area contributed by atoms with E-state index in [2.05, 4.69) is 35.9 Å². The van der Waals surface area contributed by atoms with Crippen LogP contribution in [0.2, 0.25) is 0 Å². The van der Waals surface area contributed by atoms with Gasteiger partial charge in [-0.25, -0.2) is 14.2 Å². The zero-order valence-corrected chi connectivity index (χ0v) is 15.4. The molecule has 0 amide bonds. The molecular weight excluding hydrogens is 343 g/mol. The first kappa shape index (κ1) is 17.2. The van der Waals surface area contributed by atoms with E-state index in [1.165, 1.54) is 17.7 Å². The number of hydrogen-bond acceptors (Lipinski definition) is 4. The third kappa shape index (κ3) is 2.85. The van der Waals surface area contributed by atoms with Crippen LogP contribution in [0.1, 0.15) is 25.0 Å². The van der Waals surface area contributed by atoms with Crippen LogP contribution in [0.25, 0.3) is 0 Å². The molecular formula is C22H19FN2O2. The highest BCUT2D eigenvalue weighted by molar-refractivity contribution is 6.11. The van der Waals surface area contributed by atoms with E-state index in [0.717, 1.165) is 11.4 Å². The second-order valence-corrected chi connectivity index (χ2v) is 7.12. The molecule has 0 aliphatic carbocycles. The summed E-state index contributed by atoms with van der Waals surface area (Å²) < 4.78 is 18.6. The molecule has 5 heteroatoms. The first-order valence-electron chi connectivity index (χ1n) is 8.70. The van der Waals surface area contributed by atoms with Crippen molar-refractivity contribution < 1.29 is 13.9 Å². The molecule has 2 aliphatic heterocycles. The van der Waals surface area contributed by atoms with Gasteiger partial charge in [0.25, 0.3) is 0 Å². The number of esters is 1. The van der Waals surface area contributed by atoms with Crippen molar-refractivity contribution in [2.75, 3.05) is 11.9 Å². The van der Waals surface area contributed by atoms with Crippen LogP contribution in [0.3, 0.4) is 0 Å². The van der Waals surface area contributed by atoms with Crippen molar-refractivity contribution in [3.8, 4) is 0 Å². The van der Waals surface area contributed by atoms with Crippen LogP contribution in [0, 0.1) is 5.82 Å². The molecule has 27 heavy (non-hydrogen) atoms. The summed E-state index contributed by atoms with van der Waals surface area (Å²) in [4.78, 5) is 18.5. The minimum Gasteiger partial charge on any atom is -0.402 e. The Kier molecular flexibility index (Phi) is 3.95. The fourth-order valence-electron chi connectivity index (χ4n) is 3.63. The summed E-state index contributed by atoms with van der Waals surface area (Å²) in [5.74, 6) is -0.827. The largest absolute Gasteiger partial charge is 0.402 e. The highest BCUT2D eigenvalue weighted by atomic mass is 19.1. The van der Waals surface area contributed by atoms with E-state index in [0.29, 0.717) is 5.56 Å². The summed E-state index contributed by atoms with van der Waals surface area (Å²) in [5, 5.41) is 0. The molecule has 0 saturated heterocycles. The molecule has 0 unspecified atom stereocenters. The number of carbonyl (C=O) groups excluding carboxylic acids is 1. The Labute approximate surface area is 157 Å². The highest BCUT2D eigenvalue weighted by Gasteiger charge is 2.38. The Morgan fingerprint density at radius 2 is 1.89 bits per heavy atom. The number of aliphatic imine (C=N–C) groups is 1. The number of likely N-dealkylation sites (N-methyl/N-ethyl adjacent to an activating group) is 1. The molecule has 0 radical (unpaired) electrons. The Morgan fingerprint density at radius 3 is 2.63 bits per heavy atom. The second kappa shape index (κ2) is 6.20. The molecule has 0 spiro atoms. The molecule has 2 aliphatic rings. The quantitative estimate of drug-likeness (QED) is 0.590. The number of hydrogen-bond donors (Lipinski definition) is 0. The summed E-state index contributed by atoms with van der Waals surface area (Å²) in [6.45, 7) is 4.29. The minimum absolute atomic E-state index is 0.117. The maximum atomic E-state index is 13.4. The molecule has 0 saturated carbocycles. The van der Waals surface area contributed by atoms with Gasteiger partial charge in [-0.3, -0.25) is 0 Å². The molecule has 0 N–H and O–H groups in total. The van der Waals surface area contributed by atoms with Crippen molar-refractivity contribution >= 4 is 17.6 Å². The predicted molar refractivity (Wildman–Crippen MR) is 103 cm³/mol. The Morgan fingerprint density at radius 1 is 1.11 bits per heavy atom. The van der Waals surface area contributed by atoms with Gasteiger partial charge in [0.05, 0.1) is 0 Å². The van der Waals surface area contributed by atoms with E-state index < -0.39 is 11.8 Å². The third-order valence-electron chi connectivity index (χ3n) is 5.03. The number of para-hydroxylation sites is 1. The molecule has 4 nitrogen and oxygen atoms in total. The number of cyclic esters (lactones) is 1. The van der Waals surface area contributed by atoms with Crippen molar-refractivity contribution in [3.63, 3.8) is 0 Å². The number of anilines is 1. The van der Waals surface area contributed by atoms with Gasteiger partial charge in [-0.1, -0.05) is 38.1 Å². The monoisotopic (exact) mass is 362 g/mol. The van der Waals surface area contributed by atoms with Crippen LogP contribution in [-0.4, -0.2) is 18.9 Å². The number of carbonyl (C=O) groups is 1. The summed E-state index contributed by atoms with van der Waals surface area (Å²) in [6, 6.07) is 14.1. The van der Waals surface area contributed by atoms with Gasteiger partial charge in [-0.15, -0.1) is 0 Å². The number of ether oxygens (including phenoxy) is 1. The maximum Gasteiger partial charge on any atom is 0.363 e. The standard InChI is InChI=1S/C22H19FN2O2/c1-22(2)16-9-4-5-10-18(16)25(3)19(22)12-11-17-21(26)27-20(24-17)14-7-6-8-15(23)13-14/h4-13H,1-3H3/b17-11+,19-12-. The topological polar surface area (TPSA) is 41.9 Å². The maximum absolute atomic E-state index is 13.4. The van der Waals surface area contributed by atoms with Crippen molar-refractivity contribution in [2.24, 2.45) is 4.99 Å². The number of nitrogens with zero attached hydrogens (tertiary/aromatic N) is 2. The van der Waals surface area contributed by atoms with Crippen LogP contribution >= 0.6 is 0 Å². The fraction of sp³-hybridized carbons (Fsp3) is 0.182. The van der Waals surface area contributed by atoms with Crippen molar-refractivity contribution in [1.29, 1.82) is 0 Å². The van der Waals surface area contributed by atoms with Gasteiger partial charge < -0.3 is 9.64 Å². The lowest BCUT2D eigenvalue weighted by Crippen LogP contribution is -2.22. The van der Waals surface area contributed by atoms with Gasteiger partial charge in [0.15, 0.2) is 5.70 Å². The number of allylic oxidation sites excluding steroid dienone is 3. The Bertz CT molecular complexity index is 1030. The first-order valence-corrected chi connectivity index (χ1v) is 8.70. The highest BCUT2D eigenvalue weighted by Crippen LogP contribution is 2.46. The average molecular weight is 362 g/mol. The van der Waals surface area contributed by atoms with Crippen LogP contribution < -0.4 is 4.90 Å². The molecule has 2 aromatic carbocycles. The fourth-order valence-corrected chi connectivity index (χ4v) is 3.63. The van der Waals surface area contributed by atoms with Gasteiger partial charge in [-0.2, -0.15) is 0 Å². The minimum atomic E-state index is -0.540. The normalized spacial score (nSPS) is 20.8. The van der Waals surface area contributed by atoms with Crippen molar-refractivity contribution in [2.45, 2.75) is 19.3 Å². The van der Waals surface area contributed by atoms with Gasteiger partial charge >= 0.3 is 5.97 Å². The van der Waals surface area contributed by atoms with Crippen molar-refractivity contribution in [3.05, 3.63) is 89.0 Å². The summed E-state index contributed by atoms with van der Waals surface area (Å²) in [5.41, 5.74) is 3.87. The zero-order valence-electron chi connectivity index (χ0n) is 15.4. The van der Waals surface area contributed by atoms with E-state index in [4.69, 9.17) is 4.74 Å². The van der Waals surface area contributed by atoms with E-state index in [9.17, 15) is 9.18 Å². The lowest BCUT2D eigenvalue weighted by atomic mass is 9.84. The van der Waals surface area contributed by atoms with Gasteiger partial charge in [0.2, 0.25) is 5.90 Å². The predicted octanol–water partition coefficient (Wildman–Crippen LogP) is 4.32. The lowest BCUT2D eigenvalue weighted by Gasteiger charge is -2.23. The zero-order chi connectivity index (χ0) is 19.2. The second-order valence-electron chi connectivity index (χ2n) is 7.12. The van der Waals surface area contributed by atoms with Crippen LogP contribution in [0.5, 0.6) is 0 Å². The molecule has 136 valence electrons. The van der Waals surface area contributed by atoms with E-state index in [1.807, 2.05) is 25.3 Å². The smallest absolute Gasteiger partial charge is 0.363 e. The summed E-state index contributed by atoms with van der Waals surface area (Å²) in [7, 11) is 2.01. The molecule has 4 rings (SSSR count).